The third-order valence-electron chi connectivity index (χ3n) is 1.86. The van der Waals surface area contributed by atoms with Crippen LogP contribution >= 0.6 is 0 Å². The SMILES string of the molecule is CNS(=O)(=O)C(C)OCC(C)(C)CO. The third kappa shape index (κ3) is 4.36. The lowest BCUT2D eigenvalue weighted by atomic mass is 9.97. The monoisotopic (exact) mass is 225 g/mol. The van der Waals surface area contributed by atoms with E-state index >= 15 is 0 Å². The number of sulfonamides is 1. The van der Waals surface area contributed by atoms with E-state index in [1.807, 2.05) is 0 Å². The lowest BCUT2D eigenvalue weighted by Gasteiger charge is -2.23. The molecule has 0 saturated heterocycles. The van der Waals surface area contributed by atoms with E-state index < -0.39 is 20.9 Å². The van der Waals surface area contributed by atoms with E-state index in [0.29, 0.717) is 0 Å². The van der Waals surface area contributed by atoms with Gasteiger partial charge in [0.1, 0.15) is 0 Å². The molecule has 2 N–H and O–H groups in total. The maximum absolute atomic E-state index is 11.2. The van der Waals surface area contributed by atoms with Gasteiger partial charge in [0, 0.05) is 5.41 Å². The van der Waals surface area contributed by atoms with Crippen molar-refractivity contribution >= 4 is 10.0 Å². The molecule has 0 heterocycles. The van der Waals surface area contributed by atoms with Gasteiger partial charge in [-0.05, 0) is 14.0 Å². The van der Waals surface area contributed by atoms with Crippen LogP contribution in [0.15, 0.2) is 0 Å². The van der Waals surface area contributed by atoms with E-state index in [-0.39, 0.29) is 13.2 Å². The Labute approximate surface area is 85.5 Å². The number of ether oxygens (including phenoxy) is 1. The quantitative estimate of drug-likeness (QED) is 0.663. The summed E-state index contributed by atoms with van der Waals surface area (Å²) < 4.78 is 29.7. The average molecular weight is 225 g/mol. The number of aliphatic hydroxyl groups is 1. The van der Waals surface area contributed by atoms with Gasteiger partial charge in [-0.3, -0.25) is 0 Å². The number of rotatable bonds is 6. The molecule has 0 aromatic heterocycles. The highest BCUT2D eigenvalue weighted by molar-refractivity contribution is 7.89. The van der Waals surface area contributed by atoms with Crippen LogP contribution in [0, 0.1) is 5.41 Å². The predicted molar refractivity (Wildman–Crippen MR) is 54.3 cm³/mol. The number of hydrogen-bond donors (Lipinski definition) is 2. The Balaban J connectivity index is 4.17. The molecule has 0 aliphatic heterocycles. The van der Waals surface area contributed by atoms with Gasteiger partial charge in [-0.25, -0.2) is 13.1 Å². The second-order valence-corrected chi connectivity index (χ2v) is 6.11. The minimum Gasteiger partial charge on any atom is -0.396 e. The van der Waals surface area contributed by atoms with Crippen molar-refractivity contribution in [3.8, 4) is 0 Å². The molecule has 0 aliphatic carbocycles. The molecule has 1 atom stereocenters. The van der Waals surface area contributed by atoms with Gasteiger partial charge in [0.25, 0.3) is 0 Å². The molecule has 14 heavy (non-hydrogen) atoms. The van der Waals surface area contributed by atoms with E-state index in [1.165, 1.54) is 14.0 Å². The van der Waals surface area contributed by atoms with E-state index in [9.17, 15) is 8.42 Å². The molecule has 1 unspecified atom stereocenters. The minimum atomic E-state index is -3.38. The molecular formula is C8H19NO4S. The van der Waals surface area contributed by atoms with Gasteiger partial charge in [-0.15, -0.1) is 0 Å². The zero-order valence-corrected chi connectivity index (χ0v) is 9.89. The maximum atomic E-state index is 11.2. The van der Waals surface area contributed by atoms with Crippen molar-refractivity contribution in [2.75, 3.05) is 20.3 Å². The van der Waals surface area contributed by atoms with Crippen LogP contribution in [0.1, 0.15) is 20.8 Å². The molecule has 5 nitrogen and oxygen atoms in total. The molecule has 0 fully saturated rings. The van der Waals surface area contributed by atoms with Gasteiger partial charge in [-0.2, -0.15) is 0 Å². The van der Waals surface area contributed by atoms with Crippen LogP contribution in [0.3, 0.4) is 0 Å². The van der Waals surface area contributed by atoms with Crippen LogP contribution < -0.4 is 4.72 Å². The Hall–Kier alpha value is -0.170. The van der Waals surface area contributed by atoms with E-state index in [2.05, 4.69) is 4.72 Å². The highest BCUT2D eigenvalue weighted by atomic mass is 32.2. The molecule has 0 bridgehead atoms. The summed E-state index contributed by atoms with van der Waals surface area (Å²) in [5, 5.41) is 8.92. The first-order chi connectivity index (χ1) is 6.25. The third-order valence-corrected chi connectivity index (χ3v) is 3.44. The molecule has 86 valence electrons. The second-order valence-electron chi connectivity index (χ2n) is 3.95. The summed E-state index contributed by atoms with van der Waals surface area (Å²) in [5.74, 6) is 0. The van der Waals surface area contributed by atoms with Gasteiger partial charge in [0.05, 0.1) is 13.2 Å². The molecule has 0 amide bonds. The zero-order valence-electron chi connectivity index (χ0n) is 9.07. The summed E-state index contributed by atoms with van der Waals surface area (Å²) in [4.78, 5) is 0. The molecule has 0 aromatic carbocycles. The minimum absolute atomic E-state index is 0.0423. The largest absolute Gasteiger partial charge is 0.396 e. The van der Waals surface area contributed by atoms with Crippen molar-refractivity contribution in [1.29, 1.82) is 0 Å². The topological polar surface area (TPSA) is 75.6 Å². The first-order valence-electron chi connectivity index (χ1n) is 4.40. The average Bonchev–Trinajstić information content (AvgIpc) is 2.14. The lowest BCUT2D eigenvalue weighted by Crippen LogP contribution is -2.35. The summed E-state index contributed by atoms with van der Waals surface area (Å²) in [5.41, 5.74) is -1.32. The van der Waals surface area contributed by atoms with Gasteiger partial charge in [0.15, 0.2) is 5.44 Å². The first kappa shape index (κ1) is 13.8. The second kappa shape index (κ2) is 5.06. The smallest absolute Gasteiger partial charge is 0.238 e. The van der Waals surface area contributed by atoms with Crippen LogP contribution in [-0.4, -0.2) is 39.2 Å². The fraction of sp³-hybridized carbons (Fsp3) is 1.00. The van der Waals surface area contributed by atoms with Crippen LogP contribution in [0.5, 0.6) is 0 Å². The summed E-state index contributed by atoms with van der Waals surface area (Å²) in [6, 6.07) is 0. The van der Waals surface area contributed by atoms with E-state index in [1.54, 1.807) is 13.8 Å². The van der Waals surface area contributed by atoms with Crippen molar-refractivity contribution in [1.82, 2.24) is 4.72 Å². The fourth-order valence-electron chi connectivity index (χ4n) is 0.644. The molecule has 0 rings (SSSR count). The highest BCUT2D eigenvalue weighted by Gasteiger charge is 2.23. The zero-order chi connectivity index (χ0) is 11.4. The molecular weight excluding hydrogens is 206 g/mol. The molecule has 0 aliphatic rings. The van der Waals surface area contributed by atoms with Gasteiger partial charge < -0.3 is 9.84 Å². The van der Waals surface area contributed by atoms with E-state index in [0.717, 1.165) is 0 Å². The molecule has 0 aromatic rings. The van der Waals surface area contributed by atoms with Crippen molar-refractivity contribution < 1.29 is 18.3 Å². The predicted octanol–water partition coefficient (Wildman–Crippen LogP) is -0.0833. The summed E-state index contributed by atoms with van der Waals surface area (Å²) in [6.45, 7) is 5.21. The van der Waals surface area contributed by atoms with Gasteiger partial charge in [-0.1, -0.05) is 13.8 Å². The van der Waals surface area contributed by atoms with Gasteiger partial charge >= 0.3 is 0 Å². The Bertz CT molecular complexity index is 261. The van der Waals surface area contributed by atoms with Crippen LogP contribution in [0.25, 0.3) is 0 Å². The first-order valence-corrected chi connectivity index (χ1v) is 5.94. The normalized spacial score (nSPS) is 15.5. The number of hydrogen-bond acceptors (Lipinski definition) is 4. The fourth-order valence-corrected chi connectivity index (χ4v) is 1.22. The van der Waals surface area contributed by atoms with Crippen LogP contribution in [-0.2, 0) is 14.8 Å². The molecule has 0 spiro atoms. The Morgan fingerprint density at radius 2 is 2.00 bits per heavy atom. The lowest BCUT2D eigenvalue weighted by molar-refractivity contribution is 0.0185. The highest BCUT2D eigenvalue weighted by Crippen LogP contribution is 2.15. The molecule has 6 heteroatoms. The maximum Gasteiger partial charge on any atom is 0.238 e. The van der Waals surface area contributed by atoms with Crippen LogP contribution in [0.2, 0.25) is 0 Å². The molecule has 0 saturated carbocycles. The summed E-state index contributed by atoms with van der Waals surface area (Å²) >= 11 is 0. The summed E-state index contributed by atoms with van der Waals surface area (Å²) in [6.07, 6.45) is 0. The summed E-state index contributed by atoms with van der Waals surface area (Å²) in [7, 11) is -2.04. The van der Waals surface area contributed by atoms with Crippen molar-refractivity contribution in [3.05, 3.63) is 0 Å². The number of aliphatic hydroxyl groups excluding tert-OH is 1. The van der Waals surface area contributed by atoms with Gasteiger partial charge in [0.2, 0.25) is 10.0 Å². The molecule has 0 radical (unpaired) electrons. The Morgan fingerprint density at radius 3 is 2.36 bits per heavy atom. The van der Waals surface area contributed by atoms with Crippen molar-refractivity contribution in [3.63, 3.8) is 0 Å². The standard InChI is InChI=1S/C8H19NO4S/c1-7(14(11,12)9-4)13-6-8(2,3)5-10/h7,9-10H,5-6H2,1-4H3. The Morgan fingerprint density at radius 1 is 1.50 bits per heavy atom. The van der Waals surface area contributed by atoms with Crippen LogP contribution in [0.4, 0.5) is 0 Å². The Kier molecular flexibility index (Phi) is 5.00. The van der Waals surface area contributed by atoms with E-state index in [4.69, 9.17) is 9.84 Å². The number of nitrogens with one attached hydrogen (secondary N) is 1. The van der Waals surface area contributed by atoms with Crippen molar-refractivity contribution in [2.24, 2.45) is 5.41 Å². The van der Waals surface area contributed by atoms with Crippen molar-refractivity contribution in [2.45, 2.75) is 26.2 Å².